The zero-order chi connectivity index (χ0) is 11.8. The summed E-state index contributed by atoms with van der Waals surface area (Å²) in [5.41, 5.74) is 2.27. The van der Waals surface area contributed by atoms with Crippen LogP contribution < -0.4 is 10.1 Å². The number of benzene rings is 2. The second-order valence-electron chi connectivity index (χ2n) is 3.73. The molecule has 3 rings (SSSR count). The highest BCUT2D eigenvalue weighted by Gasteiger charge is 2.16. The van der Waals surface area contributed by atoms with Gasteiger partial charge < -0.3 is 10.1 Å². The Morgan fingerprint density at radius 1 is 1.06 bits per heavy atom. The molecule has 17 heavy (non-hydrogen) atoms. The molecule has 1 heterocycles. The number of hydrogen-bond acceptors (Lipinski definition) is 3. The number of halogens is 1. The maximum Gasteiger partial charge on any atom is 0.120 e. The van der Waals surface area contributed by atoms with Crippen molar-refractivity contribution in [3.63, 3.8) is 0 Å². The summed E-state index contributed by atoms with van der Waals surface area (Å²) in [5, 5.41) is 3.43. The third kappa shape index (κ3) is 2.03. The van der Waals surface area contributed by atoms with E-state index in [1.807, 2.05) is 12.1 Å². The molecule has 1 aliphatic heterocycles. The van der Waals surface area contributed by atoms with Crippen molar-refractivity contribution in [1.82, 2.24) is 0 Å². The molecule has 0 saturated carbocycles. The van der Waals surface area contributed by atoms with Gasteiger partial charge in [0.2, 0.25) is 0 Å². The van der Waals surface area contributed by atoms with Crippen molar-refractivity contribution in [2.24, 2.45) is 0 Å². The molecule has 0 atom stereocenters. The zero-order valence-corrected chi connectivity index (χ0v) is 11.6. The number of hydrogen-bond donors (Lipinski definition) is 1. The van der Waals surface area contributed by atoms with E-state index in [4.69, 9.17) is 4.74 Å². The number of ether oxygens (including phenoxy) is 1. The summed E-state index contributed by atoms with van der Waals surface area (Å²) < 4.78 is 6.32. The Bertz CT molecular complexity index is 586. The molecule has 0 spiro atoms. The molecule has 1 aliphatic rings. The van der Waals surface area contributed by atoms with E-state index < -0.39 is 0 Å². The molecule has 0 fully saturated rings. The molecular formula is C13H10BrNOS. The van der Waals surface area contributed by atoms with Gasteiger partial charge in [-0.2, -0.15) is 0 Å². The van der Waals surface area contributed by atoms with Gasteiger partial charge in [-0.1, -0.05) is 27.7 Å². The van der Waals surface area contributed by atoms with Gasteiger partial charge >= 0.3 is 0 Å². The minimum atomic E-state index is 0.888. The summed E-state index contributed by atoms with van der Waals surface area (Å²) in [5.74, 6) is 0.888. The van der Waals surface area contributed by atoms with Gasteiger partial charge in [-0.15, -0.1) is 0 Å². The summed E-state index contributed by atoms with van der Waals surface area (Å²) in [6.07, 6.45) is 0. The summed E-state index contributed by atoms with van der Waals surface area (Å²) in [4.78, 5) is 2.42. The molecule has 2 nitrogen and oxygen atoms in total. The predicted octanol–water partition coefficient (Wildman–Crippen LogP) is 4.67. The predicted molar refractivity (Wildman–Crippen MR) is 74.5 cm³/mol. The third-order valence-corrected chi connectivity index (χ3v) is 4.25. The molecule has 0 saturated heterocycles. The highest BCUT2D eigenvalue weighted by atomic mass is 79.9. The lowest BCUT2D eigenvalue weighted by molar-refractivity contribution is 0.414. The van der Waals surface area contributed by atoms with E-state index in [1.165, 1.54) is 9.79 Å². The fraction of sp³-hybridized carbons (Fsp3) is 0.0769. The van der Waals surface area contributed by atoms with Gasteiger partial charge in [0.1, 0.15) is 5.75 Å². The second-order valence-corrected chi connectivity index (χ2v) is 5.73. The Morgan fingerprint density at radius 2 is 1.94 bits per heavy atom. The first kappa shape index (κ1) is 11.0. The van der Waals surface area contributed by atoms with E-state index >= 15 is 0 Å². The number of fused-ring (bicyclic) bond motifs is 2. The average molecular weight is 308 g/mol. The Kier molecular flexibility index (Phi) is 2.76. The standard InChI is InChI=1S/C13H10BrNOS/c1-16-9-3-4-10-13(7-9)17-12-5-2-8(14)6-11(12)15-10/h2-7,15H,1H3. The molecular weight excluding hydrogens is 298 g/mol. The van der Waals surface area contributed by atoms with Gasteiger partial charge in [0.15, 0.2) is 0 Å². The van der Waals surface area contributed by atoms with Crippen LogP contribution in [0.1, 0.15) is 0 Å². The first-order chi connectivity index (χ1) is 8.26. The van der Waals surface area contributed by atoms with Gasteiger partial charge in [0.05, 0.1) is 18.5 Å². The summed E-state index contributed by atoms with van der Waals surface area (Å²) in [6, 6.07) is 12.3. The van der Waals surface area contributed by atoms with Gasteiger partial charge in [-0.25, -0.2) is 0 Å². The first-order valence-electron chi connectivity index (χ1n) is 5.19. The molecule has 4 heteroatoms. The van der Waals surface area contributed by atoms with Crippen LogP contribution in [-0.2, 0) is 0 Å². The van der Waals surface area contributed by atoms with E-state index in [0.29, 0.717) is 0 Å². The molecule has 0 radical (unpaired) electrons. The van der Waals surface area contributed by atoms with E-state index in [1.54, 1.807) is 18.9 Å². The topological polar surface area (TPSA) is 21.3 Å². The SMILES string of the molecule is COc1ccc2c(c1)Sc1ccc(Br)cc1N2. The fourth-order valence-corrected chi connectivity index (χ4v) is 3.13. The van der Waals surface area contributed by atoms with Gasteiger partial charge in [-0.3, -0.25) is 0 Å². The largest absolute Gasteiger partial charge is 0.497 e. The highest BCUT2D eigenvalue weighted by molar-refractivity contribution is 9.10. The molecule has 86 valence electrons. The number of methoxy groups -OCH3 is 1. The lowest BCUT2D eigenvalue weighted by Gasteiger charge is -2.21. The van der Waals surface area contributed by atoms with Crippen LogP contribution >= 0.6 is 27.7 Å². The maximum absolute atomic E-state index is 5.24. The number of nitrogens with one attached hydrogen (secondary N) is 1. The van der Waals surface area contributed by atoms with Crippen LogP contribution in [0, 0.1) is 0 Å². The van der Waals surface area contributed by atoms with Crippen molar-refractivity contribution in [1.29, 1.82) is 0 Å². The summed E-state index contributed by atoms with van der Waals surface area (Å²) >= 11 is 5.24. The third-order valence-electron chi connectivity index (χ3n) is 2.62. The van der Waals surface area contributed by atoms with Crippen LogP contribution in [0.3, 0.4) is 0 Å². The molecule has 0 unspecified atom stereocenters. The number of anilines is 2. The lowest BCUT2D eigenvalue weighted by Crippen LogP contribution is -1.99. The molecule has 2 aromatic carbocycles. The normalized spacial score (nSPS) is 12.4. The quantitative estimate of drug-likeness (QED) is 0.706. The van der Waals surface area contributed by atoms with Crippen molar-refractivity contribution in [2.75, 3.05) is 12.4 Å². The van der Waals surface area contributed by atoms with Crippen molar-refractivity contribution < 1.29 is 4.74 Å². The average Bonchev–Trinajstić information content (AvgIpc) is 2.35. The zero-order valence-electron chi connectivity index (χ0n) is 9.16. The monoisotopic (exact) mass is 307 g/mol. The van der Waals surface area contributed by atoms with Crippen LogP contribution in [-0.4, -0.2) is 7.11 Å². The minimum absolute atomic E-state index is 0.888. The molecule has 0 aromatic heterocycles. The Balaban J connectivity index is 2.04. The first-order valence-corrected chi connectivity index (χ1v) is 6.80. The minimum Gasteiger partial charge on any atom is -0.497 e. The fourth-order valence-electron chi connectivity index (χ4n) is 1.77. The van der Waals surface area contributed by atoms with E-state index in [0.717, 1.165) is 21.6 Å². The number of rotatable bonds is 1. The van der Waals surface area contributed by atoms with E-state index in [9.17, 15) is 0 Å². The van der Waals surface area contributed by atoms with Crippen molar-refractivity contribution in [3.8, 4) is 5.75 Å². The molecule has 0 aliphatic carbocycles. The Hall–Kier alpha value is -1.13. The molecule has 0 amide bonds. The van der Waals surface area contributed by atoms with Crippen molar-refractivity contribution >= 4 is 39.1 Å². The Morgan fingerprint density at radius 3 is 2.76 bits per heavy atom. The second kappa shape index (κ2) is 4.27. The summed E-state index contributed by atoms with van der Waals surface area (Å²) in [6.45, 7) is 0. The van der Waals surface area contributed by atoms with Crippen LogP contribution in [0.5, 0.6) is 5.75 Å². The Labute approximate surface area is 113 Å². The van der Waals surface area contributed by atoms with E-state index in [-0.39, 0.29) is 0 Å². The van der Waals surface area contributed by atoms with Crippen LogP contribution in [0.2, 0.25) is 0 Å². The smallest absolute Gasteiger partial charge is 0.120 e. The van der Waals surface area contributed by atoms with Crippen molar-refractivity contribution in [2.45, 2.75) is 9.79 Å². The molecule has 1 N–H and O–H groups in total. The van der Waals surface area contributed by atoms with Crippen LogP contribution in [0.4, 0.5) is 11.4 Å². The van der Waals surface area contributed by atoms with E-state index in [2.05, 4.69) is 45.5 Å². The van der Waals surface area contributed by atoms with Gasteiger partial charge in [-0.05, 0) is 36.4 Å². The molecule has 2 aromatic rings. The van der Waals surface area contributed by atoms with Gasteiger partial charge in [0.25, 0.3) is 0 Å². The maximum atomic E-state index is 5.24. The highest BCUT2D eigenvalue weighted by Crippen LogP contribution is 2.45. The van der Waals surface area contributed by atoms with Crippen LogP contribution in [0.25, 0.3) is 0 Å². The van der Waals surface area contributed by atoms with Crippen molar-refractivity contribution in [3.05, 3.63) is 40.9 Å². The van der Waals surface area contributed by atoms with Crippen LogP contribution in [0.15, 0.2) is 50.7 Å². The molecule has 0 bridgehead atoms. The van der Waals surface area contributed by atoms with Gasteiger partial charge in [0, 0.05) is 14.3 Å². The lowest BCUT2D eigenvalue weighted by atomic mass is 10.2. The summed E-state index contributed by atoms with van der Waals surface area (Å²) in [7, 11) is 1.69.